The minimum absolute atomic E-state index is 0.342. The van der Waals surface area contributed by atoms with E-state index in [1.54, 1.807) is 24.3 Å². The molecule has 3 rings (SSSR count). The summed E-state index contributed by atoms with van der Waals surface area (Å²) in [6.07, 6.45) is -0.948. The maximum atomic E-state index is 13.1. The van der Waals surface area contributed by atoms with Gasteiger partial charge < -0.3 is 9.52 Å². The molecule has 0 aliphatic carbocycles. The zero-order chi connectivity index (χ0) is 14.3. The van der Waals surface area contributed by atoms with Gasteiger partial charge in [-0.3, -0.25) is 0 Å². The smallest absolute Gasteiger partial charge is 0.138 e. The summed E-state index contributed by atoms with van der Waals surface area (Å²) in [5.41, 5.74) is 1.14. The fourth-order valence-electron chi connectivity index (χ4n) is 2.02. The molecule has 0 amide bonds. The van der Waals surface area contributed by atoms with Crippen molar-refractivity contribution < 1.29 is 13.9 Å². The van der Waals surface area contributed by atoms with Crippen LogP contribution >= 0.6 is 27.5 Å². The fourth-order valence-corrected chi connectivity index (χ4v) is 2.45. The molecule has 0 saturated heterocycles. The molecule has 0 radical (unpaired) electrons. The van der Waals surface area contributed by atoms with Gasteiger partial charge in [0.2, 0.25) is 0 Å². The van der Waals surface area contributed by atoms with Gasteiger partial charge in [0.15, 0.2) is 0 Å². The molecule has 1 N–H and O–H groups in total. The minimum atomic E-state index is -0.948. The first-order chi connectivity index (χ1) is 9.54. The Morgan fingerprint density at radius 3 is 2.70 bits per heavy atom. The zero-order valence-electron chi connectivity index (χ0n) is 10.1. The van der Waals surface area contributed by atoms with Gasteiger partial charge in [-0.1, -0.05) is 17.7 Å². The van der Waals surface area contributed by atoms with Crippen molar-refractivity contribution >= 4 is 38.5 Å². The lowest BCUT2D eigenvalue weighted by Gasteiger charge is -2.08. The molecule has 0 spiro atoms. The van der Waals surface area contributed by atoms with E-state index in [4.69, 9.17) is 16.0 Å². The number of hydrogen-bond donors (Lipinski definition) is 1. The number of furan rings is 1. The van der Waals surface area contributed by atoms with Crippen LogP contribution in [0.5, 0.6) is 0 Å². The Morgan fingerprint density at radius 2 is 1.95 bits per heavy atom. The van der Waals surface area contributed by atoms with Gasteiger partial charge in [0.25, 0.3) is 0 Å². The summed E-state index contributed by atoms with van der Waals surface area (Å²) in [6.45, 7) is 0. The summed E-state index contributed by atoms with van der Waals surface area (Å²) in [5, 5.41) is 11.4. The molecule has 0 fully saturated rings. The second kappa shape index (κ2) is 5.20. The maximum Gasteiger partial charge on any atom is 0.138 e. The van der Waals surface area contributed by atoms with Crippen LogP contribution in [0, 0.1) is 5.82 Å². The second-order valence-electron chi connectivity index (χ2n) is 4.41. The van der Waals surface area contributed by atoms with E-state index in [1.165, 1.54) is 18.2 Å². The van der Waals surface area contributed by atoms with Crippen molar-refractivity contribution in [3.8, 4) is 0 Å². The summed E-state index contributed by atoms with van der Waals surface area (Å²) in [6, 6.07) is 11.0. The van der Waals surface area contributed by atoms with Crippen molar-refractivity contribution in [2.75, 3.05) is 0 Å². The Labute approximate surface area is 127 Å². The number of hydrogen-bond acceptors (Lipinski definition) is 2. The summed E-state index contributed by atoms with van der Waals surface area (Å²) in [7, 11) is 0. The molecule has 0 aliphatic rings. The molecule has 1 atom stereocenters. The van der Waals surface area contributed by atoms with Gasteiger partial charge in [0, 0.05) is 9.86 Å². The lowest BCUT2D eigenvalue weighted by atomic mass is 10.1. The third kappa shape index (κ3) is 2.46. The van der Waals surface area contributed by atoms with Gasteiger partial charge in [-0.25, -0.2) is 4.39 Å². The van der Waals surface area contributed by atoms with Crippen LogP contribution in [-0.2, 0) is 0 Å². The molecular weight excluding hydrogens is 347 g/mol. The molecule has 1 aromatic heterocycles. The molecule has 2 nitrogen and oxygen atoms in total. The van der Waals surface area contributed by atoms with Crippen LogP contribution in [0.3, 0.4) is 0 Å². The fraction of sp³-hybridized carbons (Fsp3) is 0.0667. The van der Waals surface area contributed by atoms with Gasteiger partial charge in [0.1, 0.15) is 23.3 Å². The number of fused-ring (bicyclic) bond motifs is 1. The molecule has 5 heteroatoms. The van der Waals surface area contributed by atoms with Crippen LogP contribution in [0.15, 0.2) is 51.4 Å². The first-order valence-corrected chi connectivity index (χ1v) is 7.04. The van der Waals surface area contributed by atoms with Crippen molar-refractivity contribution in [1.29, 1.82) is 0 Å². The number of halogens is 3. The molecule has 20 heavy (non-hydrogen) atoms. The summed E-state index contributed by atoms with van der Waals surface area (Å²) >= 11 is 9.30. The van der Waals surface area contributed by atoms with Gasteiger partial charge >= 0.3 is 0 Å². The highest BCUT2D eigenvalue weighted by Gasteiger charge is 2.16. The highest BCUT2D eigenvalue weighted by atomic mass is 79.9. The first kappa shape index (κ1) is 13.6. The first-order valence-electron chi connectivity index (χ1n) is 5.86. The lowest BCUT2D eigenvalue weighted by molar-refractivity contribution is 0.192. The number of aliphatic hydroxyl groups excluding tert-OH is 1. The van der Waals surface area contributed by atoms with Crippen molar-refractivity contribution in [2.24, 2.45) is 0 Å². The largest absolute Gasteiger partial charge is 0.458 e. The molecule has 0 saturated carbocycles. The Kier molecular flexibility index (Phi) is 3.54. The Morgan fingerprint density at radius 1 is 1.15 bits per heavy atom. The standard InChI is InChI=1S/C15H9BrClFO2/c16-11-3-1-8(6-12(11)17)15(19)14-7-9-5-10(18)2-4-13(9)20-14/h1-7,15,19H. The summed E-state index contributed by atoms with van der Waals surface area (Å²) in [4.78, 5) is 0. The van der Waals surface area contributed by atoms with E-state index in [-0.39, 0.29) is 5.82 Å². The van der Waals surface area contributed by atoms with Crippen molar-refractivity contribution in [3.63, 3.8) is 0 Å². The van der Waals surface area contributed by atoms with E-state index >= 15 is 0 Å². The Bertz CT molecular complexity index is 785. The Hall–Kier alpha value is -1.36. The van der Waals surface area contributed by atoms with E-state index in [9.17, 15) is 9.50 Å². The predicted molar refractivity (Wildman–Crippen MR) is 79.4 cm³/mol. The monoisotopic (exact) mass is 354 g/mol. The zero-order valence-corrected chi connectivity index (χ0v) is 12.5. The van der Waals surface area contributed by atoms with Crippen molar-refractivity contribution in [3.05, 3.63) is 69.1 Å². The van der Waals surface area contributed by atoms with E-state index in [0.717, 1.165) is 4.47 Å². The highest BCUT2D eigenvalue weighted by molar-refractivity contribution is 9.10. The van der Waals surface area contributed by atoms with Gasteiger partial charge in [-0.2, -0.15) is 0 Å². The van der Waals surface area contributed by atoms with Crippen LogP contribution in [0.4, 0.5) is 4.39 Å². The molecule has 0 aliphatic heterocycles. The maximum absolute atomic E-state index is 13.1. The molecule has 0 bridgehead atoms. The second-order valence-corrected chi connectivity index (χ2v) is 5.67. The van der Waals surface area contributed by atoms with Gasteiger partial charge in [-0.05, 0) is 57.9 Å². The van der Waals surface area contributed by atoms with Gasteiger partial charge in [0.05, 0.1) is 5.02 Å². The molecule has 1 heterocycles. The summed E-state index contributed by atoms with van der Waals surface area (Å²) < 4.78 is 19.4. The Balaban J connectivity index is 2.02. The average molecular weight is 356 g/mol. The SMILES string of the molecule is OC(c1ccc(Br)c(Cl)c1)c1cc2cc(F)ccc2o1. The average Bonchev–Trinajstić information content (AvgIpc) is 2.84. The van der Waals surface area contributed by atoms with E-state index < -0.39 is 6.10 Å². The van der Waals surface area contributed by atoms with Crippen LogP contribution in [0.2, 0.25) is 5.02 Å². The van der Waals surface area contributed by atoms with Crippen LogP contribution in [0.1, 0.15) is 17.4 Å². The molecule has 1 unspecified atom stereocenters. The molecule has 102 valence electrons. The van der Waals surface area contributed by atoms with Gasteiger partial charge in [-0.15, -0.1) is 0 Å². The molecule has 3 aromatic rings. The predicted octanol–water partition coefficient (Wildman–Crippen LogP) is 5.07. The van der Waals surface area contributed by atoms with E-state index in [2.05, 4.69) is 15.9 Å². The summed E-state index contributed by atoms with van der Waals surface area (Å²) in [5.74, 6) is 0.00927. The lowest BCUT2D eigenvalue weighted by Crippen LogP contribution is -1.97. The molecule has 2 aromatic carbocycles. The normalized spacial score (nSPS) is 12.8. The van der Waals surface area contributed by atoms with Crippen molar-refractivity contribution in [1.82, 2.24) is 0 Å². The molecular formula is C15H9BrClFO2. The quantitative estimate of drug-likeness (QED) is 0.696. The van der Waals surface area contributed by atoms with E-state index in [0.29, 0.717) is 27.3 Å². The van der Waals surface area contributed by atoms with Crippen LogP contribution < -0.4 is 0 Å². The number of benzene rings is 2. The van der Waals surface area contributed by atoms with E-state index in [1.807, 2.05) is 0 Å². The number of aliphatic hydroxyl groups is 1. The van der Waals surface area contributed by atoms with Crippen LogP contribution in [-0.4, -0.2) is 5.11 Å². The van der Waals surface area contributed by atoms with Crippen LogP contribution in [0.25, 0.3) is 11.0 Å². The third-order valence-corrected chi connectivity index (χ3v) is 4.26. The minimum Gasteiger partial charge on any atom is -0.458 e. The number of rotatable bonds is 2. The third-order valence-electron chi connectivity index (χ3n) is 3.03. The highest BCUT2D eigenvalue weighted by Crippen LogP contribution is 2.31. The van der Waals surface area contributed by atoms with Crippen molar-refractivity contribution in [2.45, 2.75) is 6.10 Å². The topological polar surface area (TPSA) is 33.4 Å².